The van der Waals surface area contributed by atoms with Crippen molar-refractivity contribution < 1.29 is 9.59 Å². The fourth-order valence-corrected chi connectivity index (χ4v) is 7.23. The van der Waals surface area contributed by atoms with Crippen molar-refractivity contribution in [1.82, 2.24) is 19.8 Å². The zero-order valence-corrected chi connectivity index (χ0v) is 25.3. The summed E-state index contributed by atoms with van der Waals surface area (Å²) < 4.78 is 0. The molecule has 1 saturated carbocycles. The Bertz CT molecular complexity index is 1180. The van der Waals surface area contributed by atoms with E-state index in [2.05, 4.69) is 52.9 Å². The monoisotopic (exact) mass is 584 g/mol. The van der Waals surface area contributed by atoms with Crippen LogP contribution in [0.15, 0.2) is 35.5 Å². The number of thioether (sulfide) groups is 1. The summed E-state index contributed by atoms with van der Waals surface area (Å²) in [5, 5.41) is 0.881. The van der Waals surface area contributed by atoms with Crippen LogP contribution >= 0.6 is 23.4 Å². The van der Waals surface area contributed by atoms with Crippen LogP contribution < -0.4 is 9.80 Å². The predicted molar refractivity (Wildman–Crippen MR) is 162 cm³/mol. The lowest BCUT2D eigenvalue weighted by molar-refractivity contribution is -0.134. The summed E-state index contributed by atoms with van der Waals surface area (Å²) in [4.78, 5) is 43.5. The maximum Gasteiger partial charge on any atom is 0.233 e. The van der Waals surface area contributed by atoms with Crippen molar-refractivity contribution in [3.8, 4) is 0 Å². The van der Waals surface area contributed by atoms with E-state index in [4.69, 9.17) is 16.6 Å². The molecule has 3 fully saturated rings. The Balaban J connectivity index is 1.10. The van der Waals surface area contributed by atoms with Crippen molar-refractivity contribution in [1.29, 1.82) is 0 Å². The molecule has 0 spiro atoms. The van der Waals surface area contributed by atoms with Crippen molar-refractivity contribution in [2.24, 2.45) is 5.92 Å². The first-order valence-electron chi connectivity index (χ1n) is 14.7. The molecule has 5 rings (SSSR count). The molecule has 1 atom stereocenters. The van der Waals surface area contributed by atoms with E-state index < -0.39 is 0 Å². The van der Waals surface area contributed by atoms with E-state index in [1.807, 2.05) is 9.80 Å². The van der Waals surface area contributed by atoms with Crippen molar-refractivity contribution >= 4 is 46.7 Å². The zero-order chi connectivity index (χ0) is 28.1. The summed E-state index contributed by atoms with van der Waals surface area (Å²) in [6.07, 6.45) is 6.87. The number of rotatable bonds is 8. The topological polar surface area (TPSA) is 72.9 Å². The van der Waals surface area contributed by atoms with Gasteiger partial charge in [-0.15, -0.1) is 0 Å². The van der Waals surface area contributed by atoms with Crippen LogP contribution in [0, 0.1) is 12.8 Å². The Morgan fingerprint density at radius 3 is 2.42 bits per heavy atom. The molecule has 8 nitrogen and oxygen atoms in total. The summed E-state index contributed by atoms with van der Waals surface area (Å²) in [5.74, 6) is 2.14. The van der Waals surface area contributed by atoms with Crippen molar-refractivity contribution in [2.75, 3.05) is 61.4 Å². The van der Waals surface area contributed by atoms with Gasteiger partial charge in [-0.05, 0) is 37.8 Å². The van der Waals surface area contributed by atoms with Gasteiger partial charge in [-0.2, -0.15) is 0 Å². The Kier molecular flexibility index (Phi) is 9.73. The normalized spacial score (nSPS) is 20.3. The van der Waals surface area contributed by atoms with E-state index in [9.17, 15) is 9.59 Å². The van der Waals surface area contributed by atoms with E-state index in [1.165, 1.54) is 48.7 Å². The van der Waals surface area contributed by atoms with Crippen LogP contribution in [0.3, 0.4) is 0 Å². The molecule has 1 aromatic heterocycles. The van der Waals surface area contributed by atoms with Gasteiger partial charge in [0.15, 0.2) is 5.16 Å². The van der Waals surface area contributed by atoms with E-state index in [1.54, 1.807) is 6.07 Å². The van der Waals surface area contributed by atoms with Gasteiger partial charge in [0.25, 0.3) is 0 Å². The number of amides is 2. The van der Waals surface area contributed by atoms with Crippen LogP contribution in [-0.2, 0) is 9.59 Å². The lowest BCUT2D eigenvalue weighted by Crippen LogP contribution is -2.54. The smallest absolute Gasteiger partial charge is 0.233 e. The van der Waals surface area contributed by atoms with Crippen molar-refractivity contribution in [3.63, 3.8) is 0 Å². The van der Waals surface area contributed by atoms with Gasteiger partial charge in [-0.1, -0.05) is 67.2 Å². The summed E-state index contributed by atoms with van der Waals surface area (Å²) in [7, 11) is 0. The summed E-state index contributed by atoms with van der Waals surface area (Å²) in [6.45, 7) is 9.39. The zero-order valence-electron chi connectivity index (χ0n) is 23.7. The lowest BCUT2D eigenvalue weighted by atomic mass is 10.0. The number of nitrogens with zero attached hydrogens (tertiary/aromatic N) is 6. The van der Waals surface area contributed by atoms with Crippen molar-refractivity contribution in [2.45, 2.75) is 63.6 Å². The Morgan fingerprint density at radius 2 is 1.70 bits per heavy atom. The van der Waals surface area contributed by atoms with Crippen LogP contribution in [0.2, 0.25) is 5.15 Å². The van der Waals surface area contributed by atoms with Crippen LogP contribution in [0.1, 0.15) is 51.0 Å². The predicted octanol–water partition coefficient (Wildman–Crippen LogP) is 4.89. The van der Waals surface area contributed by atoms with Crippen LogP contribution in [0.5, 0.6) is 0 Å². The third kappa shape index (κ3) is 7.21. The largest absolute Gasteiger partial charge is 0.368 e. The van der Waals surface area contributed by atoms with Crippen molar-refractivity contribution in [3.05, 3.63) is 41.0 Å². The van der Waals surface area contributed by atoms with Gasteiger partial charge in [-0.25, -0.2) is 9.97 Å². The average molecular weight is 585 g/mol. The highest BCUT2D eigenvalue weighted by atomic mass is 35.5. The summed E-state index contributed by atoms with van der Waals surface area (Å²) in [6, 6.07) is 10.3. The summed E-state index contributed by atoms with van der Waals surface area (Å²) in [5.41, 5.74) is 2.50. The molecule has 10 heteroatoms. The fourth-order valence-electron chi connectivity index (χ4n) is 6.25. The number of aromatic nitrogens is 2. The van der Waals surface area contributed by atoms with Gasteiger partial charge in [-0.3, -0.25) is 9.59 Å². The number of piperazine rings is 2. The van der Waals surface area contributed by atoms with Gasteiger partial charge in [0, 0.05) is 70.0 Å². The highest BCUT2D eigenvalue weighted by Gasteiger charge is 2.29. The minimum Gasteiger partial charge on any atom is -0.368 e. The van der Waals surface area contributed by atoms with Gasteiger partial charge in [0.2, 0.25) is 11.8 Å². The Hall–Kier alpha value is -2.52. The van der Waals surface area contributed by atoms with E-state index in [0.29, 0.717) is 49.5 Å². The van der Waals surface area contributed by atoms with Gasteiger partial charge >= 0.3 is 0 Å². The molecule has 2 aliphatic heterocycles. The minimum atomic E-state index is 0.0953. The molecule has 0 unspecified atom stereocenters. The average Bonchev–Trinajstić information content (AvgIpc) is 3.48. The molecule has 0 bridgehead atoms. The molecule has 1 aliphatic carbocycles. The molecule has 2 amide bonds. The Labute approximate surface area is 247 Å². The van der Waals surface area contributed by atoms with Gasteiger partial charge in [0.1, 0.15) is 11.0 Å². The number of halogens is 1. The molecule has 3 heterocycles. The quantitative estimate of drug-likeness (QED) is 0.249. The van der Waals surface area contributed by atoms with E-state index in [0.717, 1.165) is 31.2 Å². The second-order valence-electron chi connectivity index (χ2n) is 11.3. The standard InChI is InChI=1S/C30H41ClN6O2S/c1-22-7-3-6-10-25(22)34-13-15-35(16-14-34)29(39)21-40-30-32-26(31)19-27(33-30)36-17-18-37(23(2)20-36)28(38)12-11-24-8-4-5-9-24/h3,6-7,10,19,23-24H,4-5,8-9,11-18,20-21H2,1-2H3/t23-/m0/s1. The fraction of sp³-hybridized carbons (Fsp3) is 0.600. The van der Waals surface area contributed by atoms with E-state index >= 15 is 0 Å². The maximum absolute atomic E-state index is 13.0. The highest BCUT2D eigenvalue weighted by molar-refractivity contribution is 7.99. The molecule has 216 valence electrons. The number of carbonyl (C=O) groups is 2. The number of hydrogen-bond donors (Lipinski definition) is 0. The van der Waals surface area contributed by atoms with Gasteiger partial charge < -0.3 is 19.6 Å². The number of benzene rings is 1. The first kappa shape index (κ1) is 29.0. The first-order valence-corrected chi connectivity index (χ1v) is 16.0. The second kappa shape index (κ2) is 13.4. The van der Waals surface area contributed by atoms with Gasteiger partial charge in [0.05, 0.1) is 5.75 Å². The van der Waals surface area contributed by atoms with Crippen LogP contribution in [-0.4, -0.2) is 89.2 Å². The lowest BCUT2D eigenvalue weighted by Gasteiger charge is -2.40. The molecular formula is C30H41ClN6O2S. The maximum atomic E-state index is 13.0. The van der Waals surface area contributed by atoms with E-state index in [-0.39, 0.29) is 23.6 Å². The summed E-state index contributed by atoms with van der Waals surface area (Å²) >= 11 is 7.72. The van der Waals surface area contributed by atoms with Crippen LogP contribution in [0.4, 0.5) is 11.5 Å². The molecule has 2 aromatic rings. The van der Waals surface area contributed by atoms with Crippen LogP contribution in [0.25, 0.3) is 0 Å². The molecule has 1 aromatic carbocycles. The molecule has 3 aliphatic rings. The number of carbonyl (C=O) groups excluding carboxylic acids is 2. The molecule has 2 saturated heterocycles. The molecular weight excluding hydrogens is 544 g/mol. The second-order valence-corrected chi connectivity index (χ2v) is 12.7. The SMILES string of the molecule is Cc1ccccc1N1CCN(C(=O)CSc2nc(Cl)cc(N3CCN(C(=O)CCC4CCCC4)[C@@H](C)C3)n2)CC1. The number of anilines is 2. The first-order chi connectivity index (χ1) is 19.4. The highest BCUT2D eigenvalue weighted by Crippen LogP contribution is 2.30. The molecule has 0 radical (unpaired) electrons. The molecule has 40 heavy (non-hydrogen) atoms. The molecule has 0 N–H and O–H groups in total. The third-order valence-corrected chi connectivity index (χ3v) is 9.61. The number of hydrogen-bond acceptors (Lipinski definition) is 7. The third-order valence-electron chi connectivity index (χ3n) is 8.59. The Morgan fingerprint density at radius 1 is 0.975 bits per heavy atom. The number of aryl methyl sites for hydroxylation is 1. The minimum absolute atomic E-state index is 0.0953. The number of para-hydroxylation sites is 1.